The Morgan fingerprint density at radius 1 is 1.12 bits per heavy atom. The van der Waals surface area contributed by atoms with Crippen molar-refractivity contribution in [1.82, 2.24) is 4.90 Å². The topological polar surface area (TPSA) is 49.9 Å². The standard InChI is InChI=1S/C26H23FN2O3S/c1-17-7-3-5-9-20(17)24(30)29-13-14-33-26(29)21-15-19(32-2)11-12-23(21)28(25(26)31)16-18-8-4-6-10-22(18)27/h3-12,15H,13-14,16H2,1-2H3/t26-/m1/s1. The van der Waals surface area contributed by atoms with Gasteiger partial charge in [-0.05, 0) is 42.8 Å². The van der Waals surface area contributed by atoms with E-state index in [0.29, 0.717) is 40.4 Å². The number of rotatable bonds is 4. The van der Waals surface area contributed by atoms with Crippen molar-refractivity contribution in [3.63, 3.8) is 0 Å². The van der Waals surface area contributed by atoms with E-state index in [2.05, 4.69) is 0 Å². The fourth-order valence-corrected chi connectivity index (χ4v) is 6.09. The molecule has 0 radical (unpaired) electrons. The van der Waals surface area contributed by atoms with Gasteiger partial charge >= 0.3 is 0 Å². The summed E-state index contributed by atoms with van der Waals surface area (Å²) in [6.07, 6.45) is 0. The van der Waals surface area contributed by atoms with Crippen molar-refractivity contribution < 1.29 is 18.7 Å². The predicted octanol–water partition coefficient (Wildman–Crippen LogP) is 4.73. The van der Waals surface area contributed by atoms with Crippen LogP contribution < -0.4 is 9.64 Å². The van der Waals surface area contributed by atoms with Crippen LogP contribution in [0.2, 0.25) is 0 Å². The first kappa shape index (κ1) is 21.5. The average molecular weight is 463 g/mol. The zero-order chi connectivity index (χ0) is 23.2. The third-order valence-electron chi connectivity index (χ3n) is 6.31. The molecule has 1 spiro atoms. The first-order valence-electron chi connectivity index (χ1n) is 10.7. The van der Waals surface area contributed by atoms with Gasteiger partial charge in [-0.25, -0.2) is 4.39 Å². The molecule has 0 aliphatic carbocycles. The molecule has 7 heteroatoms. The number of hydrogen-bond acceptors (Lipinski definition) is 4. The normalized spacial score (nSPS) is 19.3. The first-order valence-corrected chi connectivity index (χ1v) is 11.7. The molecule has 0 unspecified atom stereocenters. The van der Waals surface area contributed by atoms with E-state index in [-0.39, 0.29) is 24.2 Å². The van der Waals surface area contributed by atoms with Crippen LogP contribution in [0, 0.1) is 12.7 Å². The maximum absolute atomic E-state index is 14.5. The lowest BCUT2D eigenvalue weighted by Crippen LogP contribution is -2.50. The molecule has 1 fully saturated rings. The maximum Gasteiger partial charge on any atom is 0.268 e. The average Bonchev–Trinajstić information content (AvgIpc) is 3.37. The summed E-state index contributed by atoms with van der Waals surface area (Å²) in [7, 11) is 1.57. The number of anilines is 1. The molecule has 2 amide bonds. The molecule has 0 N–H and O–H groups in total. The van der Waals surface area contributed by atoms with Crippen molar-refractivity contribution in [1.29, 1.82) is 0 Å². The Bertz CT molecular complexity index is 1260. The maximum atomic E-state index is 14.5. The lowest BCUT2D eigenvalue weighted by Gasteiger charge is -2.33. The van der Waals surface area contributed by atoms with Crippen molar-refractivity contribution >= 4 is 29.3 Å². The van der Waals surface area contributed by atoms with E-state index < -0.39 is 4.87 Å². The Morgan fingerprint density at radius 3 is 2.64 bits per heavy atom. The van der Waals surface area contributed by atoms with Gasteiger partial charge in [0, 0.05) is 29.0 Å². The number of thioether (sulfide) groups is 1. The molecule has 2 heterocycles. The summed E-state index contributed by atoms with van der Waals surface area (Å²) in [5.41, 5.74) is 3.22. The molecular formula is C26H23FN2O3S. The summed E-state index contributed by atoms with van der Waals surface area (Å²) in [5.74, 6) is 0.428. The fraction of sp³-hybridized carbons (Fsp3) is 0.231. The van der Waals surface area contributed by atoms with E-state index >= 15 is 0 Å². The molecule has 0 saturated carbocycles. The SMILES string of the molecule is COc1ccc2c(c1)[C@@]1(SCCN1C(=O)c1ccccc1C)C(=O)N2Cc1ccccc1F. The smallest absolute Gasteiger partial charge is 0.268 e. The van der Waals surface area contributed by atoms with E-state index in [0.717, 1.165) is 5.56 Å². The molecule has 5 nitrogen and oxygen atoms in total. The minimum Gasteiger partial charge on any atom is -0.497 e. The molecule has 168 valence electrons. The molecule has 1 saturated heterocycles. The summed E-state index contributed by atoms with van der Waals surface area (Å²) < 4.78 is 19.9. The van der Waals surface area contributed by atoms with Gasteiger partial charge in [0.2, 0.25) is 0 Å². The number of nitrogens with zero attached hydrogens (tertiary/aromatic N) is 2. The van der Waals surface area contributed by atoms with E-state index in [9.17, 15) is 14.0 Å². The van der Waals surface area contributed by atoms with Gasteiger partial charge < -0.3 is 14.5 Å². The van der Waals surface area contributed by atoms with Crippen LogP contribution in [0.4, 0.5) is 10.1 Å². The number of carbonyl (C=O) groups excluding carboxylic acids is 2. The van der Waals surface area contributed by atoms with Gasteiger partial charge in [0.15, 0.2) is 4.87 Å². The molecular weight excluding hydrogens is 439 g/mol. The number of ether oxygens (including phenoxy) is 1. The highest BCUT2D eigenvalue weighted by Gasteiger charge is 2.59. The lowest BCUT2D eigenvalue weighted by molar-refractivity contribution is -0.123. The summed E-state index contributed by atoms with van der Waals surface area (Å²) in [4.78, 5) is 29.8. The summed E-state index contributed by atoms with van der Waals surface area (Å²) in [6.45, 7) is 2.41. The number of hydrogen-bond donors (Lipinski definition) is 0. The highest BCUT2D eigenvalue weighted by Crippen LogP contribution is 2.55. The summed E-state index contributed by atoms with van der Waals surface area (Å²) in [5, 5.41) is 0. The zero-order valence-corrected chi connectivity index (χ0v) is 19.2. The number of aryl methyl sites for hydroxylation is 1. The second-order valence-corrected chi connectivity index (χ2v) is 9.42. The molecule has 2 aliphatic heterocycles. The van der Waals surface area contributed by atoms with E-state index in [1.807, 2.05) is 37.3 Å². The van der Waals surface area contributed by atoms with Crippen LogP contribution >= 0.6 is 11.8 Å². The minimum atomic E-state index is -1.21. The number of halogens is 1. The Morgan fingerprint density at radius 2 is 1.88 bits per heavy atom. The highest BCUT2D eigenvalue weighted by molar-refractivity contribution is 8.01. The molecule has 3 aromatic rings. The molecule has 33 heavy (non-hydrogen) atoms. The fourth-order valence-electron chi connectivity index (χ4n) is 4.63. The van der Waals surface area contributed by atoms with Gasteiger partial charge in [0.25, 0.3) is 11.8 Å². The van der Waals surface area contributed by atoms with E-state index in [1.54, 1.807) is 47.2 Å². The van der Waals surface area contributed by atoms with Gasteiger partial charge in [0.05, 0.1) is 19.3 Å². The van der Waals surface area contributed by atoms with Gasteiger partial charge in [-0.3, -0.25) is 9.59 Å². The largest absolute Gasteiger partial charge is 0.497 e. The number of benzene rings is 3. The number of amides is 2. The van der Waals surface area contributed by atoms with Gasteiger partial charge in [-0.1, -0.05) is 36.4 Å². The Labute approximate surface area is 196 Å². The van der Waals surface area contributed by atoms with Crippen LogP contribution in [0.25, 0.3) is 0 Å². The van der Waals surface area contributed by atoms with Gasteiger partial charge in [0.1, 0.15) is 11.6 Å². The number of fused-ring (bicyclic) bond motifs is 2. The highest BCUT2D eigenvalue weighted by atomic mass is 32.2. The second kappa shape index (κ2) is 8.23. The zero-order valence-electron chi connectivity index (χ0n) is 18.4. The molecule has 2 aliphatic rings. The van der Waals surface area contributed by atoms with Crippen molar-refractivity contribution in [3.8, 4) is 5.75 Å². The van der Waals surface area contributed by atoms with Crippen molar-refractivity contribution in [3.05, 3.63) is 94.8 Å². The molecule has 0 aromatic heterocycles. The third kappa shape index (κ3) is 3.30. The van der Waals surface area contributed by atoms with Crippen LogP contribution in [0.1, 0.15) is 27.0 Å². The number of methoxy groups -OCH3 is 1. The van der Waals surface area contributed by atoms with Crippen LogP contribution in [0.5, 0.6) is 5.75 Å². The predicted molar refractivity (Wildman–Crippen MR) is 127 cm³/mol. The van der Waals surface area contributed by atoms with Crippen LogP contribution in [-0.4, -0.2) is 36.1 Å². The van der Waals surface area contributed by atoms with Crippen molar-refractivity contribution in [2.75, 3.05) is 24.3 Å². The van der Waals surface area contributed by atoms with Crippen molar-refractivity contribution in [2.24, 2.45) is 0 Å². The minimum absolute atomic E-state index is 0.0829. The third-order valence-corrected chi connectivity index (χ3v) is 7.73. The van der Waals surface area contributed by atoms with Crippen LogP contribution in [0.3, 0.4) is 0 Å². The summed E-state index contributed by atoms with van der Waals surface area (Å²) in [6, 6.07) is 19.3. The number of carbonyl (C=O) groups is 2. The quantitative estimate of drug-likeness (QED) is 0.563. The second-order valence-electron chi connectivity index (χ2n) is 8.13. The van der Waals surface area contributed by atoms with E-state index in [4.69, 9.17) is 4.74 Å². The summed E-state index contributed by atoms with van der Waals surface area (Å²) >= 11 is 1.44. The monoisotopic (exact) mass is 462 g/mol. The van der Waals surface area contributed by atoms with Crippen LogP contribution in [-0.2, 0) is 16.2 Å². The molecule has 5 rings (SSSR count). The molecule has 0 bridgehead atoms. The lowest BCUT2D eigenvalue weighted by atomic mass is 10.0. The molecule has 1 atom stereocenters. The first-order chi connectivity index (χ1) is 16.0. The Kier molecular flexibility index (Phi) is 5.37. The van der Waals surface area contributed by atoms with E-state index in [1.165, 1.54) is 17.8 Å². The molecule has 3 aromatic carbocycles. The Hall–Kier alpha value is -3.32. The van der Waals surface area contributed by atoms with Crippen LogP contribution in [0.15, 0.2) is 66.7 Å². The van der Waals surface area contributed by atoms with Gasteiger partial charge in [-0.15, -0.1) is 11.8 Å². The van der Waals surface area contributed by atoms with Crippen molar-refractivity contribution in [2.45, 2.75) is 18.3 Å². The van der Waals surface area contributed by atoms with Gasteiger partial charge in [-0.2, -0.15) is 0 Å². The Balaban J connectivity index is 1.64.